The fourth-order valence-electron chi connectivity index (χ4n) is 2.28. The van der Waals surface area contributed by atoms with E-state index in [9.17, 15) is 10.2 Å². The molecule has 0 radical (unpaired) electrons. The highest BCUT2D eigenvalue weighted by Gasteiger charge is 2.15. The standard InChI is InChI=1S/C17H25NO2/c1-5-16(12(3)17(18)13(4)20)14-8-6-7-11(2)15(9-14)10-19/h5-9,13,15,19-20H,10,18H2,1-4H3/b16-5+,17-12+/t13-,15?/m0/s1. The highest BCUT2D eigenvalue weighted by molar-refractivity contribution is 5.54. The van der Waals surface area contributed by atoms with Gasteiger partial charge in [-0.05, 0) is 44.4 Å². The minimum atomic E-state index is -0.672. The van der Waals surface area contributed by atoms with E-state index in [0.29, 0.717) is 5.70 Å². The summed E-state index contributed by atoms with van der Waals surface area (Å²) in [5.74, 6) is 0.00974. The van der Waals surface area contributed by atoms with E-state index < -0.39 is 6.10 Å². The lowest BCUT2D eigenvalue weighted by atomic mass is 9.92. The summed E-state index contributed by atoms with van der Waals surface area (Å²) < 4.78 is 0. The molecule has 0 fully saturated rings. The van der Waals surface area contributed by atoms with Crippen molar-refractivity contribution in [3.05, 3.63) is 58.4 Å². The van der Waals surface area contributed by atoms with Gasteiger partial charge >= 0.3 is 0 Å². The maximum Gasteiger partial charge on any atom is 0.0907 e. The van der Waals surface area contributed by atoms with E-state index in [-0.39, 0.29) is 12.5 Å². The number of nitrogens with two attached hydrogens (primary N) is 1. The Labute approximate surface area is 121 Å². The van der Waals surface area contributed by atoms with Crippen LogP contribution in [0.5, 0.6) is 0 Å². The minimum Gasteiger partial charge on any atom is -0.400 e. The van der Waals surface area contributed by atoms with Crippen LogP contribution in [0.4, 0.5) is 0 Å². The van der Waals surface area contributed by atoms with Gasteiger partial charge < -0.3 is 15.9 Å². The Balaban J connectivity index is 3.24. The molecule has 0 amide bonds. The van der Waals surface area contributed by atoms with Crippen LogP contribution in [0.15, 0.2) is 58.4 Å². The van der Waals surface area contributed by atoms with Crippen LogP contribution in [0.3, 0.4) is 0 Å². The third-order valence-corrected chi connectivity index (χ3v) is 3.68. The molecule has 0 aromatic rings. The van der Waals surface area contributed by atoms with Crippen LogP contribution >= 0.6 is 0 Å². The molecule has 0 aromatic heterocycles. The normalized spacial score (nSPS) is 22.7. The van der Waals surface area contributed by atoms with Crippen LogP contribution in [-0.2, 0) is 0 Å². The fourth-order valence-corrected chi connectivity index (χ4v) is 2.28. The second kappa shape index (κ2) is 7.27. The van der Waals surface area contributed by atoms with E-state index in [0.717, 1.165) is 22.3 Å². The van der Waals surface area contributed by atoms with Crippen molar-refractivity contribution < 1.29 is 10.2 Å². The summed E-state index contributed by atoms with van der Waals surface area (Å²) in [6, 6.07) is 0. The molecule has 2 atom stereocenters. The first-order valence-corrected chi connectivity index (χ1v) is 6.91. The summed E-state index contributed by atoms with van der Waals surface area (Å²) in [5.41, 5.74) is 10.4. The van der Waals surface area contributed by atoms with Crippen LogP contribution in [0.2, 0.25) is 0 Å². The molecule has 3 nitrogen and oxygen atoms in total. The molecule has 4 N–H and O–H groups in total. The summed E-state index contributed by atoms with van der Waals surface area (Å²) in [7, 11) is 0. The first-order valence-electron chi connectivity index (χ1n) is 6.91. The van der Waals surface area contributed by atoms with Crippen molar-refractivity contribution in [2.75, 3.05) is 6.61 Å². The number of rotatable bonds is 4. The second-order valence-electron chi connectivity index (χ2n) is 5.14. The minimum absolute atomic E-state index is 0.00974. The lowest BCUT2D eigenvalue weighted by molar-refractivity contribution is 0.228. The summed E-state index contributed by atoms with van der Waals surface area (Å²) in [6.45, 7) is 7.60. The van der Waals surface area contributed by atoms with E-state index in [2.05, 4.69) is 0 Å². The average Bonchev–Trinajstić information content (AvgIpc) is 2.60. The van der Waals surface area contributed by atoms with Crippen molar-refractivity contribution in [1.29, 1.82) is 0 Å². The topological polar surface area (TPSA) is 66.5 Å². The third-order valence-electron chi connectivity index (χ3n) is 3.68. The highest BCUT2D eigenvalue weighted by atomic mass is 16.3. The predicted molar refractivity (Wildman–Crippen MR) is 83.9 cm³/mol. The smallest absolute Gasteiger partial charge is 0.0907 e. The summed E-state index contributed by atoms with van der Waals surface area (Å²) >= 11 is 0. The van der Waals surface area contributed by atoms with Gasteiger partial charge in [0.15, 0.2) is 0 Å². The molecular formula is C17H25NO2. The van der Waals surface area contributed by atoms with Crippen LogP contribution in [0.25, 0.3) is 0 Å². The van der Waals surface area contributed by atoms with Gasteiger partial charge in [-0.2, -0.15) is 0 Å². The molecule has 20 heavy (non-hydrogen) atoms. The zero-order valence-electron chi connectivity index (χ0n) is 12.7. The number of hydrogen-bond donors (Lipinski definition) is 3. The van der Waals surface area contributed by atoms with Crippen LogP contribution in [0.1, 0.15) is 27.7 Å². The first kappa shape index (κ1) is 16.5. The average molecular weight is 275 g/mol. The Morgan fingerprint density at radius 1 is 1.50 bits per heavy atom. The number of aliphatic hydroxyl groups excluding tert-OH is 2. The van der Waals surface area contributed by atoms with Gasteiger partial charge in [-0.1, -0.05) is 36.0 Å². The van der Waals surface area contributed by atoms with Gasteiger partial charge in [-0.25, -0.2) is 0 Å². The van der Waals surface area contributed by atoms with Crippen molar-refractivity contribution in [3.63, 3.8) is 0 Å². The van der Waals surface area contributed by atoms with Crippen molar-refractivity contribution in [2.45, 2.75) is 33.8 Å². The van der Waals surface area contributed by atoms with Crippen molar-refractivity contribution >= 4 is 0 Å². The first-order chi connectivity index (χ1) is 9.42. The Hall–Kier alpha value is -1.58. The molecule has 0 spiro atoms. The van der Waals surface area contributed by atoms with E-state index >= 15 is 0 Å². The Morgan fingerprint density at radius 2 is 2.15 bits per heavy atom. The molecule has 0 saturated heterocycles. The Morgan fingerprint density at radius 3 is 2.65 bits per heavy atom. The van der Waals surface area contributed by atoms with Gasteiger partial charge in [-0.3, -0.25) is 0 Å². The predicted octanol–water partition coefficient (Wildman–Crippen LogP) is 2.60. The summed E-state index contributed by atoms with van der Waals surface area (Å²) in [4.78, 5) is 0. The maximum absolute atomic E-state index is 9.63. The highest BCUT2D eigenvalue weighted by Crippen LogP contribution is 2.27. The van der Waals surface area contributed by atoms with E-state index in [4.69, 9.17) is 5.73 Å². The molecule has 3 heteroatoms. The molecule has 0 heterocycles. The third kappa shape index (κ3) is 3.71. The SMILES string of the molecule is C/C=C(C1=CC(CO)C(C)=CC=C1)\C(C)=C(\N)[C@H](C)O. The number of hydrogen-bond acceptors (Lipinski definition) is 3. The van der Waals surface area contributed by atoms with Crippen molar-refractivity contribution in [1.82, 2.24) is 0 Å². The lowest BCUT2D eigenvalue weighted by Crippen LogP contribution is -2.16. The Kier molecular flexibility index (Phi) is 5.99. The zero-order chi connectivity index (χ0) is 15.3. The van der Waals surface area contributed by atoms with Crippen LogP contribution < -0.4 is 5.73 Å². The van der Waals surface area contributed by atoms with Crippen LogP contribution in [-0.4, -0.2) is 22.9 Å². The van der Waals surface area contributed by atoms with Gasteiger partial charge in [0.1, 0.15) is 0 Å². The second-order valence-corrected chi connectivity index (χ2v) is 5.14. The van der Waals surface area contributed by atoms with Gasteiger partial charge in [0.05, 0.1) is 12.7 Å². The molecule has 0 aliphatic heterocycles. The summed E-state index contributed by atoms with van der Waals surface area (Å²) in [5, 5.41) is 19.1. The van der Waals surface area contributed by atoms with Gasteiger partial charge in [0.25, 0.3) is 0 Å². The maximum atomic E-state index is 9.63. The van der Waals surface area contributed by atoms with Crippen molar-refractivity contribution in [2.24, 2.45) is 11.7 Å². The molecule has 1 aliphatic carbocycles. The van der Waals surface area contributed by atoms with E-state index in [1.807, 2.05) is 51.2 Å². The lowest BCUT2D eigenvalue weighted by Gasteiger charge is -2.16. The molecule has 0 aromatic carbocycles. The molecule has 110 valence electrons. The van der Waals surface area contributed by atoms with Crippen molar-refractivity contribution in [3.8, 4) is 0 Å². The molecular weight excluding hydrogens is 250 g/mol. The van der Waals surface area contributed by atoms with E-state index in [1.54, 1.807) is 6.92 Å². The molecule has 1 unspecified atom stereocenters. The fraction of sp³-hybridized carbons (Fsp3) is 0.412. The zero-order valence-corrected chi connectivity index (χ0v) is 12.7. The number of allylic oxidation sites excluding steroid dienone is 7. The molecule has 0 saturated carbocycles. The van der Waals surface area contributed by atoms with E-state index in [1.165, 1.54) is 0 Å². The number of aliphatic hydroxyl groups is 2. The Bertz CT molecular complexity index is 505. The van der Waals surface area contributed by atoms with Crippen LogP contribution in [0, 0.1) is 5.92 Å². The molecule has 1 aliphatic rings. The molecule has 0 bridgehead atoms. The van der Waals surface area contributed by atoms with Gasteiger partial charge in [-0.15, -0.1) is 0 Å². The summed E-state index contributed by atoms with van der Waals surface area (Å²) in [6.07, 6.45) is 9.35. The van der Waals surface area contributed by atoms with Gasteiger partial charge in [0, 0.05) is 11.6 Å². The quantitative estimate of drug-likeness (QED) is 0.691. The molecule has 1 rings (SSSR count). The van der Waals surface area contributed by atoms with Gasteiger partial charge in [0.2, 0.25) is 0 Å². The largest absolute Gasteiger partial charge is 0.400 e. The monoisotopic (exact) mass is 275 g/mol.